The summed E-state index contributed by atoms with van der Waals surface area (Å²) in [6.07, 6.45) is 1.64. The van der Waals surface area contributed by atoms with E-state index < -0.39 is 5.91 Å². The Morgan fingerprint density at radius 3 is 2.41 bits per heavy atom. The number of amides is 2. The third-order valence-electron chi connectivity index (χ3n) is 4.23. The molecule has 0 spiro atoms. The van der Waals surface area contributed by atoms with Crippen LogP contribution in [0.2, 0.25) is 0 Å². The van der Waals surface area contributed by atoms with E-state index in [4.69, 9.17) is 4.74 Å². The molecule has 0 saturated carbocycles. The molecule has 0 atom stereocenters. The van der Waals surface area contributed by atoms with Crippen LogP contribution in [0.3, 0.4) is 0 Å². The molecular weight excluding hydrogens is 368 g/mol. The fourth-order valence-electron chi connectivity index (χ4n) is 2.74. The number of benzene rings is 2. The molecule has 3 rings (SSSR count). The molecule has 7 nitrogen and oxygen atoms in total. The van der Waals surface area contributed by atoms with E-state index in [-0.39, 0.29) is 11.6 Å². The van der Waals surface area contributed by atoms with Crippen molar-refractivity contribution in [2.45, 2.75) is 13.8 Å². The average Bonchev–Trinajstić information content (AvgIpc) is 3.18. The molecule has 0 aliphatic heterocycles. The van der Waals surface area contributed by atoms with Crippen LogP contribution in [0.15, 0.2) is 60.8 Å². The Morgan fingerprint density at radius 2 is 1.72 bits per heavy atom. The number of carbonyl (C=O) groups is 2. The number of methoxy groups -OCH3 is 1. The number of hydrogen-bond acceptors (Lipinski definition) is 4. The van der Waals surface area contributed by atoms with Crippen molar-refractivity contribution in [3.63, 3.8) is 0 Å². The van der Waals surface area contributed by atoms with Gasteiger partial charge in [-0.05, 0) is 30.2 Å². The van der Waals surface area contributed by atoms with Gasteiger partial charge < -0.3 is 15.4 Å². The predicted molar refractivity (Wildman–Crippen MR) is 112 cm³/mol. The van der Waals surface area contributed by atoms with Crippen LogP contribution in [-0.4, -0.2) is 35.2 Å². The summed E-state index contributed by atoms with van der Waals surface area (Å²) >= 11 is 0. The number of anilines is 1. The van der Waals surface area contributed by atoms with Crippen molar-refractivity contribution in [1.29, 1.82) is 0 Å². The predicted octanol–water partition coefficient (Wildman–Crippen LogP) is 3.52. The van der Waals surface area contributed by atoms with Gasteiger partial charge in [0, 0.05) is 6.54 Å². The molecule has 7 heteroatoms. The van der Waals surface area contributed by atoms with Gasteiger partial charge in [-0.15, -0.1) is 0 Å². The molecule has 0 bridgehead atoms. The molecule has 2 amide bonds. The smallest absolute Gasteiger partial charge is 0.280 e. The first-order valence-corrected chi connectivity index (χ1v) is 9.37. The fourth-order valence-corrected chi connectivity index (χ4v) is 2.74. The summed E-state index contributed by atoms with van der Waals surface area (Å²) in [5.74, 6) is -0.0305. The van der Waals surface area contributed by atoms with Gasteiger partial charge in [0.25, 0.3) is 11.8 Å². The van der Waals surface area contributed by atoms with E-state index in [1.165, 1.54) is 7.11 Å². The molecule has 0 fully saturated rings. The van der Waals surface area contributed by atoms with Crippen LogP contribution >= 0.6 is 0 Å². The van der Waals surface area contributed by atoms with Crippen molar-refractivity contribution >= 4 is 17.5 Å². The first-order chi connectivity index (χ1) is 14.0. The van der Waals surface area contributed by atoms with E-state index in [0.29, 0.717) is 29.5 Å². The second-order valence-corrected chi connectivity index (χ2v) is 6.93. The first kappa shape index (κ1) is 20.1. The lowest BCUT2D eigenvalue weighted by molar-refractivity contribution is 0.0950. The third-order valence-corrected chi connectivity index (χ3v) is 4.23. The highest BCUT2D eigenvalue weighted by atomic mass is 16.5. The monoisotopic (exact) mass is 392 g/mol. The normalized spacial score (nSPS) is 10.6. The maximum absolute atomic E-state index is 12.9. The zero-order valence-corrected chi connectivity index (χ0v) is 16.7. The number of aromatic nitrogens is 2. The lowest BCUT2D eigenvalue weighted by Crippen LogP contribution is -2.28. The molecule has 0 unspecified atom stereocenters. The topological polar surface area (TPSA) is 85.2 Å². The molecule has 0 aliphatic carbocycles. The molecular formula is C22H24N4O3. The maximum atomic E-state index is 12.9. The molecule has 2 N–H and O–H groups in total. The second-order valence-electron chi connectivity index (χ2n) is 6.93. The number of rotatable bonds is 7. The van der Waals surface area contributed by atoms with Crippen molar-refractivity contribution in [2.75, 3.05) is 19.0 Å². The molecule has 0 saturated heterocycles. The van der Waals surface area contributed by atoms with Gasteiger partial charge in [-0.1, -0.05) is 44.2 Å². The Kier molecular flexibility index (Phi) is 6.29. The van der Waals surface area contributed by atoms with Gasteiger partial charge >= 0.3 is 0 Å². The van der Waals surface area contributed by atoms with Gasteiger partial charge in [-0.3, -0.25) is 9.59 Å². The molecule has 0 aliphatic rings. The summed E-state index contributed by atoms with van der Waals surface area (Å²) in [6.45, 7) is 4.59. The summed E-state index contributed by atoms with van der Waals surface area (Å²) in [6, 6.07) is 16.3. The molecule has 1 aromatic heterocycles. The van der Waals surface area contributed by atoms with Crippen LogP contribution in [0.4, 0.5) is 5.69 Å². The number of nitrogens with one attached hydrogen (secondary N) is 2. The van der Waals surface area contributed by atoms with Crippen LogP contribution in [0.1, 0.15) is 34.7 Å². The molecule has 1 heterocycles. The Bertz CT molecular complexity index is 996. The van der Waals surface area contributed by atoms with Gasteiger partial charge in [-0.2, -0.15) is 5.10 Å². The standard InChI is InChI=1S/C22H24N4O3/c1-15(2)13-23-21(27)17-11-7-8-12-18(17)24-22(28)20-19(29-3)14-26(25-20)16-9-5-4-6-10-16/h4-12,14-15H,13H2,1-3H3,(H,23,27)(H,24,28). The zero-order chi connectivity index (χ0) is 20.8. The highest BCUT2D eigenvalue weighted by Crippen LogP contribution is 2.22. The largest absolute Gasteiger partial charge is 0.493 e. The maximum Gasteiger partial charge on any atom is 0.280 e. The first-order valence-electron chi connectivity index (χ1n) is 9.37. The molecule has 0 radical (unpaired) electrons. The van der Waals surface area contributed by atoms with Crippen LogP contribution in [0.5, 0.6) is 5.75 Å². The summed E-state index contributed by atoms with van der Waals surface area (Å²) in [4.78, 5) is 25.4. The minimum absolute atomic E-state index is 0.133. The molecule has 150 valence electrons. The van der Waals surface area contributed by atoms with E-state index in [1.807, 2.05) is 44.2 Å². The number of ether oxygens (including phenoxy) is 1. The molecule has 3 aromatic rings. The summed E-state index contributed by atoms with van der Waals surface area (Å²) < 4.78 is 6.90. The molecule has 2 aromatic carbocycles. The molecule has 29 heavy (non-hydrogen) atoms. The van der Waals surface area contributed by atoms with E-state index in [9.17, 15) is 9.59 Å². The number of nitrogens with zero attached hydrogens (tertiary/aromatic N) is 2. The van der Waals surface area contributed by atoms with E-state index in [2.05, 4.69) is 15.7 Å². The Labute approximate surface area is 169 Å². The van der Waals surface area contributed by atoms with Crippen molar-refractivity contribution in [3.8, 4) is 11.4 Å². The van der Waals surface area contributed by atoms with Crippen LogP contribution < -0.4 is 15.4 Å². The van der Waals surface area contributed by atoms with E-state index in [1.54, 1.807) is 35.1 Å². The second kappa shape index (κ2) is 9.05. The Morgan fingerprint density at radius 1 is 1.03 bits per heavy atom. The number of carbonyl (C=O) groups excluding carboxylic acids is 2. The Balaban J connectivity index is 1.84. The van der Waals surface area contributed by atoms with Crippen molar-refractivity contribution in [3.05, 3.63) is 72.1 Å². The van der Waals surface area contributed by atoms with Gasteiger partial charge in [0.05, 0.1) is 30.2 Å². The van der Waals surface area contributed by atoms with Gasteiger partial charge in [0.15, 0.2) is 11.4 Å². The summed E-state index contributed by atoms with van der Waals surface area (Å²) in [5.41, 5.74) is 1.74. The van der Waals surface area contributed by atoms with Crippen molar-refractivity contribution in [1.82, 2.24) is 15.1 Å². The number of para-hydroxylation sites is 2. The van der Waals surface area contributed by atoms with Gasteiger partial charge in [0.1, 0.15) is 0 Å². The van der Waals surface area contributed by atoms with Crippen LogP contribution in [0, 0.1) is 5.92 Å². The minimum atomic E-state index is -0.458. The quantitative estimate of drug-likeness (QED) is 0.644. The summed E-state index contributed by atoms with van der Waals surface area (Å²) in [5, 5.41) is 10.0. The number of hydrogen-bond donors (Lipinski definition) is 2. The highest BCUT2D eigenvalue weighted by molar-refractivity contribution is 6.09. The lowest BCUT2D eigenvalue weighted by atomic mass is 10.1. The third kappa shape index (κ3) is 4.82. The average molecular weight is 392 g/mol. The minimum Gasteiger partial charge on any atom is -0.493 e. The SMILES string of the molecule is COc1cn(-c2ccccc2)nc1C(=O)Nc1ccccc1C(=O)NCC(C)C. The zero-order valence-electron chi connectivity index (χ0n) is 16.7. The fraction of sp³-hybridized carbons (Fsp3) is 0.227. The van der Waals surface area contributed by atoms with Crippen molar-refractivity contribution < 1.29 is 14.3 Å². The lowest BCUT2D eigenvalue weighted by Gasteiger charge is -2.12. The highest BCUT2D eigenvalue weighted by Gasteiger charge is 2.20. The Hall–Kier alpha value is -3.61. The summed E-state index contributed by atoms with van der Waals surface area (Å²) in [7, 11) is 1.48. The van der Waals surface area contributed by atoms with Crippen LogP contribution in [0.25, 0.3) is 5.69 Å². The van der Waals surface area contributed by atoms with Gasteiger partial charge in [-0.25, -0.2) is 4.68 Å². The van der Waals surface area contributed by atoms with Crippen LogP contribution in [-0.2, 0) is 0 Å². The van der Waals surface area contributed by atoms with E-state index in [0.717, 1.165) is 5.69 Å². The van der Waals surface area contributed by atoms with Gasteiger partial charge in [0.2, 0.25) is 0 Å². The van der Waals surface area contributed by atoms with E-state index >= 15 is 0 Å². The van der Waals surface area contributed by atoms with Crippen molar-refractivity contribution in [2.24, 2.45) is 5.92 Å².